The second kappa shape index (κ2) is 5.48. The summed E-state index contributed by atoms with van der Waals surface area (Å²) < 4.78 is 5.20. The van der Waals surface area contributed by atoms with Crippen molar-refractivity contribution in [2.45, 2.75) is 39.0 Å². The molecule has 0 N–H and O–H groups in total. The van der Waals surface area contributed by atoms with Crippen LogP contribution >= 0.6 is 11.6 Å². The van der Waals surface area contributed by atoms with Gasteiger partial charge in [-0.1, -0.05) is 13.8 Å². The molecule has 0 aliphatic carbocycles. The molecule has 0 aliphatic rings. The summed E-state index contributed by atoms with van der Waals surface area (Å²) in [6, 6.07) is 0. The van der Waals surface area contributed by atoms with Gasteiger partial charge < -0.3 is 4.74 Å². The van der Waals surface area contributed by atoms with Crippen molar-refractivity contribution in [1.82, 2.24) is 9.97 Å². The number of methoxy groups -OCH3 is 1. The fraction of sp³-hybridized carbons (Fsp3) is 0.667. The molecule has 2 atom stereocenters. The third-order valence-electron chi connectivity index (χ3n) is 2.80. The van der Waals surface area contributed by atoms with Crippen LogP contribution in [0.25, 0.3) is 0 Å². The molecule has 2 unspecified atom stereocenters. The normalized spacial score (nSPS) is 14.9. The van der Waals surface area contributed by atoms with Crippen LogP contribution in [0, 0.1) is 12.8 Å². The molecular weight excluding hydrogens is 224 g/mol. The second-order valence-electron chi connectivity index (χ2n) is 4.34. The number of hydrogen-bond acceptors (Lipinski definition) is 3. The summed E-state index contributed by atoms with van der Waals surface area (Å²) in [6.07, 6.45) is 1.54. The first kappa shape index (κ1) is 13.2. The van der Waals surface area contributed by atoms with Gasteiger partial charge in [-0.2, -0.15) is 0 Å². The highest BCUT2D eigenvalue weighted by Crippen LogP contribution is 2.33. The lowest BCUT2D eigenvalue weighted by molar-refractivity contribution is 0.388. The van der Waals surface area contributed by atoms with E-state index in [9.17, 15) is 0 Å². The zero-order valence-electron chi connectivity index (χ0n) is 10.5. The van der Waals surface area contributed by atoms with Gasteiger partial charge in [-0.25, -0.2) is 9.97 Å². The fourth-order valence-electron chi connectivity index (χ4n) is 2.05. The monoisotopic (exact) mass is 242 g/mol. The summed E-state index contributed by atoms with van der Waals surface area (Å²) in [5.41, 5.74) is 1.97. The number of aromatic nitrogens is 2. The van der Waals surface area contributed by atoms with Crippen LogP contribution in [0.4, 0.5) is 0 Å². The Labute approximate surface area is 102 Å². The van der Waals surface area contributed by atoms with Gasteiger partial charge in [0.15, 0.2) is 0 Å². The topological polar surface area (TPSA) is 35.0 Å². The van der Waals surface area contributed by atoms with Gasteiger partial charge in [-0.3, -0.25) is 0 Å². The van der Waals surface area contributed by atoms with Crippen LogP contribution in [0.3, 0.4) is 0 Å². The minimum Gasteiger partial charge on any atom is -0.481 e. The molecule has 90 valence electrons. The average Bonchev–Trinajstić information content (AvgIpc) is 2.20. The smallest absolute Gasteiger partial charge is 0.219 e. The zero-order chi connectivity index (χ0) is 12.3. The zero-order valence-corrected chi connectivity index (χ0v) is 11.2. The third-order valence-corrected chi connectivity index (χ3v) is 3.07. The summed E-state index contributed by atoms with van der Waals surface area (Å²) in [6.45, 7) is 8.28. The largest absolute Gasteiger partial charge is 0.481 e. The second-order valence-corrected chi connectivity index (χ2v) is 5.03. The molecule has 0 spiro atoms. The maximum Gasteiger partial charge on any atom is 0.219 e. The van der Waals surface area contributed by atoms with Crippen LogP contribution in [0.2, 0.25) is 0 Å². The van der Waals surface area contributed by atoms with Crippen LogP contribution < -0.4 is 4.74 Å². The van der Waals surface area contributed by atoms with Crippen LogP contribution in [0.5, 0.6) is 5.88 Å². The SMILES string of the molecule is COc1ncnc(C(C(C)C)C(C)Cl)c1C. The molecule has 3 nitrogen and oxygen atoms in total. The van der Waals surface area contributed by atoms with Gasteiger partial charge in [0.1, 0.15) is 6.33 Å². The standard InChI is InChI=1S/C12H19ClN2O/c1-7(2)10(9(4)13)11-8(3)12(16-5)15-6-14-11/h6-7,9-10H,1-5H3. The fourth-order valence-corrected chi connectivity index (χ4v) is 2.46. The molecule has 0 amide bonds. The Bertz CT molecular complexity index is 345. The lowest BCUT2D eigenvalue weighted by Gasteiger charge is -2.24. The van der Waals surface area contributed by atoms with E-state index >= 15 is 0 Å². The molecule has 4 heteroatoms. The number of nitrogens with zero attached hydrogens (tertiary/aromatic N) is 2. The van der Waals surface area contributed by atoms with E-state index in [4.69, 9.17) is 16.3 Å². The number of hydrogen-bond donors (Lipinski definition) is 0. The van der Waals surface area contributed by atoms with Crippen LogP contribution in [-0.2, 0) is 0 Å². The van der Waals surface area contributed by atoms with Crippen molar-refractivity contribution in [3.8, 4) is 5.88 Å². The summed E-state index contributed by atoms with van der Waals surface area (Å²) in [5.74, 6) is 1.29. The molecule has 0 bridgehead atoms. The van der Waals surface area contributed by atoms with E-state index in [0.717, 1.165) is 11.3 Å². The lowest BCUT2D eigenvalue weighted by atomic mass is 9.87. The molecule has 0 fully saturated rings. The van der Waals surface area contributed by atoms with Crippen LogP contribution in [0.15, 0.2) is 6.33 Å². The first-order chi connectivity index (χ1) is 7.49. The van der Waals surface area contributed by atoms with E-state index in [2.05, 4.69) is 23.8 Å². The summed E-state index contributed by atoms with van der Waals surface area (Å²) >= 11 is 6.24. The third kappa shape index (κ3) is 2.64. The van der Waals surface area contributed by atoms with Crippen molar-refractivity contribution in [2.24, 2.45) is 5.92 Å². The van der Waals surface area contributed by atoms with Crippen molar-refractivity contribution >= 4 is 11.6 Å². The van der Waals surface area contributed by atoms with Crippen molar-refractivity contribution in [1.29, 1.82) is 0 Å². The summed E-state index contributed by atoms with van der Waals surface area (Å²) in [7, 11) is 1.62. The minimum absolute atomic E-state index is 0.0401. The molecule has 0 saturated heterocycles. The van der Waals surface area contributed by atoms with Crippen molar-refractivity contribution in [2.75, 3.05) is 7.11 Å². The number of ether oxygens (including phenoxy) is 1. The van der Waals surface area contributed by atoms with Crippen molar-refractivity contribution in [3.05, 3.63) is 17.6 Å². The molecule has 0 radical (unpaired) electrons. The van der Waals surface area contributed by atoms with Gasteiger partial charge in [-0.05, 0) is 19.8 Å². The Hall–Kier alpha value is -0.830. The predicted molar refractivity (Wildman–Crippen MR) is 66.2 cm³/mol. The van der Waals surface area contributed by atoms with E-state index in [-0.39, 0.29) is 11.3 Å². The highest BCUT2D eigenvalue weighted by atomic mass is 35.5. The molecule has 1 aromatic rings. The van der Waals surface area contributed by atoms with Gasteiger partial charge in [0.2, 0.25) is 5.88 Å². The Kier molecular flexibility index (Phi) is 4.54. The van der Waals surface area contributed by atoms with Gasteiger partial charge in [0.25, 0.3) is 0 Å². The van der Waals surface area contributed by atoms with E-state index < -0.39 is 0 Å². The molecule has 0 saturated carbocycles. The van der Waals surface area contributed by atoms with E-state index in [1.165, 1.54) is 6.33 Å². The summed E-state index contributed by atoms with van der Waals surface area (Å²) in [5, 5.41) is 0.0401. The molecule has 0 aromatic carbocycles. The highest BCUT2D eigenvalue weighted by Gasteiger charge is 2.25. The maximum atomic E-state index is 6.24. The molecule has 1 heterocycles. The maximum absolute atomic E-state index is 6.24. The Morgan fingerprint density at radius 3 is 2.31 bits per heavy atom. The van der Waals surface area contributed by atoms with E-state index in [1.54, 1.807) is 7.11 Å². The van der Waals surface area contributed by atoms with Crippen LogP contribution in [-0.4, -0.2) is 22.5 Å². The van der Waals surface area contributed by atoms with Crippen molar-refractivity contribution < 1.29 is 4.74 Å². The number of rotatable bonds is 4. The molecule has 1 aromatic heterocycles. The van der Waals surface area contributed by atoms with Gasteiger partial charge in [0.05, 0.1) is 12.8 Å². The van der Waals surface area contributed by atoms with E-state index in [0.29, 0.717) is 11.8 Å². The average molecular weight is 243 g/mol. The van der Waals surface area contributed by atoms with Gasteiger partial charge >= 0.3 is 0 Å². The number of alkyl halides is 1. The Morgan fingerprint density at radius 1 is 1.25 bits per heavy atom. The highest BCUT2D eigenvalue weighted by molar-refractivity contribution is 6.20. The molecule has 0 aliphatic heterocycles. The Morgan fingerprint density at radius 2 is 1.88 bits per heavy atom. The Balaban J connectivity index is 3.19. The predicted octanol–water partition coefficient (Wildman–Crippen LogP) is 3.16. The van der Waals surface area contributed by atoms with Crippen LogP contribution in [0.1, 0.15) is 37.9 Å². The lowest BCUT2D eigenvalue weighted by Crippen LogP contribution is -2.19. The molecule has 1 rings (SSSR count). The first-order valence-electron chi connectivity index (χ1n) is 5.48. The first-order valence-corrected chi connectivity index (χ1v) is 5.92. The van der Waals surface area contributed by atoms with E-state index in [1.807, 2.05) is 13.8 Å². The summed E-state index contributed by atoms with van der Waals surface area (Å²) in [4.78, 5) is 8.44. The minimum atomic E-state index is 0.0401. The molecular formula is C12H19ClN2O. The van der Waals surface area contributed by atoms with Gasteiger partial charge in [-0.15, -0.1) is 11.6 Å². The van der Waals surface area contributed by atoms with Gasteiger partial charge in [0, 0.05) is 16.9 Å². The van der Waals surface area contributed by atoms with Crippen molar-refractivity contribution in [3.63, 3.8) is 0 Å². The molecule has 16 heavy (non-hydrogen) atoms. The number of halogens is 1. The quantitative estimate of drug-likeness (QED) is 0.761.